The van der Waals surface area contributed by atoms with Gasteiger partial charge in [0.05, 0.1) is 11.4 Å². The zero-order chi connectivity index (χ0) is 18.2. The second kappa shape index (κ2) is 8.44. The predicted octanol–water partition coefficient (Wildman–Crippen LogP) is 2.83. The van der Waals surface area contributed by atoms with Gasteiger partial charge in [-0.3, -0.25) is 14.7 Å². The molecule has 25 heavy (non-hydrogen) atoms. The average Bonchev–Trinajstić information content (AvgIpc) is 2.64. The number of hydrogen-bond acceptors (Lipinski definition) is 5. The second-order valence-corrected chi connectivity index (χ2v) is 5.24. The molecule has 3 N–H and O–H groups in total. The second-order valence-electron chi connectivity index (χ2n) is 5.24. The maximum absolute atomic E-state index is 11.7. The molecule has 1 aromatic heterocycles. The highest BCUT2D eigenvalue weighted by Gasteiger charge is 2.13. The van der Waals surface area contributed by atoms with Crippen LogP contribution in [0.3, 0.4) is 0 Å². The molecule has 128 valence electrons. The average molecular weight is 335 g/mol. The van der Waals surface area contributed by atoms with Crippen LogP contribution in [0.25, 0.3) is 0 Å². The monoisotopic (exact) mass is 335 g/mol. The summed E-state index contributed by atoms with van der Waals surface area (Å²) in [6.45, 7) is 5.86. The first-order valence-corrected chi connectivity index (χ1v) is 7.70. The van der Waals surface area contributed by atoms with E-state index in [9.17, 15) is 4.79 Å². The van der Waals surface area contributed by atoms with E-state index in [1.54, 1.807) is 24.5 Å². The molecule has 2 aromatic rings. The van der Waals surface area contributed by atoms with Crippen molar-refractivity contribution in [2.24, 2.45) is 10.7 Å². The van der Waals surface area contributed by atoms with Crippen LogP contribution >= 0.6 is 0 Å². The van der Waals surface area contributed by atoms with Crippen LogP contribution in [0.4, 0.5) is 11.4 Å². The van der Waals surface area contributed by atoms with Gasteiger partial charge in [0.15, 0.2) is 0 Å². The van der Waals surface area contributed by atoms with Crippen molar-refractivity contribution in [1.29, 1.82) is 0 Å². The number of pyridine rings is 1. The van der Waals surface area contributed by atoms with Crippen LogP contribution in [0.5, 0.6) is 0 Å². The number of benzene rings is 1. The number of amides is 1. The molecule has 0 radical (unpaired) electrons. The van der Waals surface area contributed by atoms with Crippen LogP contribution in [0, 0.1) is 6.92 Å². The highest BCUT2D eigenvalue weighted by atomic mass is 16.1. The van der Waals surface area contributed by atoms with E-state index in [0.717, 1.165) is 16.8 Å². The van der Waals surface area contributed by atoms with Crippen molar-refractivity contribution in [1.82, 2.24) is 4.98 Å². The fraction of sp³-hybridized carbons (Fsp3) is 0.105. The highest BCUT2D eigenvalue weighted by Crippen LogP contribution is 2.26. The molecule has 1 amide bonds. The van der Waals surface area contributed by atoms with E-state index in [1.807, 2.05) is 38.2 Å². The first kappa shape index (κ1) is 17.9. The van der Waals surface area contributed by atoms with Crippen molar-refractivity contribution in [3.63, 3.8) is 0 Å². The normalized spacial score (nSPS) is 11.4. The zero-order valence-electron chi connectivity index (χ0n) is 14.3. The Balaban J connectivity index is 2.43. The predicted molar refractivity (Wildman–Crippen MR) is 103 cm³/mol. The molecule has 0 bridgehead atoms. The van der Waals surface area contributed by atoms with E-state index in [-0.39, 0.29) is 5.82 Å². The first-order chi connectivity index (χ1) is 12.1. The summed E-state index contributed by atoms with van der Waals surface area (Å²) >= 11 is 0. The van der Waals surface area contributed by atoms with Gasteiger partial charge in [-0.25, -0.2) is 4.99 Å². The quantitative estimate of drug-likeness (QED) is 0.602. The van der Waals surface area contributed by atoms with Crippen molar-refractivity contribution in [2.45, 2.75) is 6.92 Å². The molecule has 0 aliphatic rings. The molecule has 0 saturated heterocycles. The highest BCUT2D eigenvalue weighted by molar-refractivity contribution is 6.09. The molecule has 6 heteroatoms. The summed E-state index contributed by atoms with van der Waals surface area (Å²) < 4.78 is 0. The topological polar surface area (TPSA) is 83.6 Å². The Morgan fingerprint density at radius 3 is 2.80 bits per heavy atom. The van der Waals surface area contributed by atoms with Gasteiger partial charge in [0.2, 0.25) is 6.41 Å². The largest absolute Gasteiger partial charge is 0.405 e. The van der Waals surface area contributed by atoms with Crippen molar-refractivity contribution >= 4 is 23.5 Å². The van der Waals surface area contributed by atoms with E-state index >= 15 is 0 Å². The number of rotatable bonds is 7. The molecule has 0 saturated carbocycles. The van der Waals surface area contributed by atoms with Crippen molar-refractivity contribution < 1.29 is 4.79 Å². The molecular weight excluding hydrogens is 314 g/mol. The summed E-state index contributed by atoms with van der Waals surface area (Å²) in [5.41, 5.74) is 9.39. The summed E-state index contributed by atoms with van der Waals surface area (Å²) in [7, 11) is 1.82. The minimum absolute atomic E-state index is 0.281. The van der Waals surface area contributed by atoms with Crippen molar-refractivity contribution in [3.8, 4) is 0 Å². The fourth-order valence-electron chi connectivity index (χ4n) is 2.28. The summed E-state index contributed by atoms with van der Waals surface area (Å²) in [6, 6.07) is 9.39. The number of allylic oxidation sites excluding steroid dienone is 1. The molecule has 0 aliphatic heterocycles. The van der Waals surface area contributed by atoms with Crippen LogP contribution in [0.1, 0.15) is 11.1 Å². The van der Waals surface area contributed by atoms with E-state index < -0.39 is 0 Å². The minimum Gasteiger partial charge on any atom is -0.405 e. The van der Waals surface area contributed by atoms with Gasteiger partial charge >= 0.3 is 0 Å². The minimum atomic E-state index is 0.281. The van der Waals surface area contributed by atoms with E-state index in [1.165, 1.54) is 11.1 Å². The van der Waals surface area contributed by atoms with Gasteiger partial charge in [-0.1, -0.05) is 12.6 Å². The van der Waals surface area contributed by atoms with Crippen molar-refractivity contribution in [2.75, 3.05) is 17.3 Å². The molecule has 6 nitrogen and oxygen atoms in total. The van der Waals surface area contributed by atoms with Crippen LogP contribution in [0.2, 0.25) is 0 Å². The SMILES string of the molecule is C=C(N=C(/C=C\N)c1cccnc1)N(C=O)c1cc(NC)ccc1C. The Labute approximate surface area is 147 Å². The maximum atomic E-state index is 11.7. The number of nitrogens with zero attached hydrogens (tertiary/aromatic N) is 3. The lowest BCUT2D eigenvalue weighted by molar-refractivity contribution is -0.107. The van der Waals surface area contributed by atoms with Gasteiger partial charge in [0.25, 0.3) is 0 Å². The molecule has 0 spiro atoms. The Morgan fingerprint density at radius 2 is 2.20 bits per heavy atom. The lowest BCUT2D eigenvalue weighted by Gasteiger charge is -2.20. The Bertz CT molecular complexity index is 812. The maximum Gasteiger partial charge on any atom is 0.219 e. The molecule has 0 aliphatic carbocycles. The Hall–Kier alpha value is -3.41. The lowest BCUT2D eigenvalue weighted by Crippen LogP contribution is -2.20. The third kappa shape index (κ3) is 4.32. The third-order valence-corrected chi connectivity index (χ3v) is 3.60. The van der Waals surface area contributed by atoms with Crippen LogP contribution in [0.15, 0.2) is 72.4 Å². The summed E-state index contributed by atoms with van der Waals surface area (Å²) in [5.74, 6) is 0.281. The summed E-state index contributed by atoms with van der Waals surface area (Å²) in [4.78, 5) is 21.6. The van der Waals surface area contributed by atoms with Gasteiger partial charge < -0.3 is 11.1 Å². The molecule has 0 fully saturated rings. The fourth-order valence-corrected chi connectivity index (χ4v) is 2.28. The number of carbonyl (C=O) groups excluding carboxylic acids is 1. The number of anilines is 2. The van der Waals surface area contributed by atoms with Gasteiger partial charge in [-0.05, 0) is 49.0 Å². The van der Waals surface area contributed by atoms with E-state index in [4.69, 9.17) is 5.73 Å². The number of aryl methyl sites for hydroxylation is 1. The van der Waals surface area contributed by atoms with E-state index in [2.05, 4.69) is 21.9 Å². The molecule has 2 rings (SSSR count). The lowest BCUT2D eigenvalue weighted by atomic mass is 10.1. The molecule has 1 heterocycles. The number of nitrogens with one attached hydrogen (secondary N) is 1. The smallest absolute Gasteiger partial charge is 0.219 e. The summed E-state index contributed by atoms with van der Waals surface area (Å²) in [5, 5.41) is 3.06. The number of nitrogens with two attached hydrogens (primary N) is 1. The number of aromatic nitrogens is 1. The van der Waals surface area contributed by atoms with Gasteiger partial charge in [0, 0.05) is 30.7 Å². The number of hydrogen-bond donors (Lipinski definition) is 2. The Kier molecular flexibility index (Phi) is 6.06. The molecule has 1 aromatic carbocycles. The third-order valence-electron chi connectivity index (χ3n) is 3.60. The van der Waals surface area contributed by atoms with Crippen LogP contribution in [-0.2, 0) is 4.79 Å². The van der Waals surface area contributed by atoms with Crippen LogP contribution in [-0.4, -0.2) is 24.2 Å². The number of aliphatic imine (C=N–C) groups is 1. The molecular formula is C19H21N5O. The van der Waals surface area contributed by atoms with Gasteiger partial charge in [-0.15, -0.1) is 0 Å². The standard InChI is InChI=1S/C19H21N5O/c1-14-6-7-17(21-3)11-19(14)24(13-25)15(2)23-18(8-9-20)16-5-4-10-22-12-16/h4-13,21H,2,20H2,1,3H3/b9-8-,23-18?. The molecule has 0 unspecified atom stereocenters. The van der Waals surface area contributed by atoms with E-state index in [0.29, 0.717) is 17.8 Å². The zero-order valence-corrected chi connectivity index (χ0v) is 14.3. The van der Waals surface area contributed by atoms with Gasteiger partial charge in [-0.2, -0.15) is 0 Å². The Morgan fingerprint density at radius 1 is 1.40 bits per heavy atom. The summed E-state index contributed by atoms with van der Waals surface area (Å²) in [6.07, 6.45) is 7.07. The number of carbonyl (C=O) groups is 1. The first-order valence-electron chi connectivity index (χ1n) is 7.70. The van der Waals surface area contributed by atoms with Crippen LogP contribution < -0.4 is 16.0 Å². The molecule has 0 atom stereocenters. The van der Waals surface area contributed by atoms with Crippen molar-refractivity contribution in [3.05, 3.63) is 78.5 Å². The van der Waals surface area contributed by atoms with Gasteiger partial charge in [0.1, 0.15) is 5.82 Å².